The second-order valence-corrected chi connectivity index (χ2v) is 12.3. The van der Waals surface area contributed by atoms with E-state index in [4.69, 9.17) is 9.47 Å². The summed E-state index contributed by atoms with van der Waals surface area (Å²) >= 11 is 0. The Hall–Kier alpha value is -3.18. The van der Waals surface area contributed by atoms with Crippen LogP contribution in [0.25, 0.3) is 21.8 Å². The van der Waals surface area contributed by atoms with E-state index in [9.17, 15) is 9.59 Å². The van der Waals surface area contributed by atoms with E-state index in [1.54, 1.807) is 34.0 Å². The number of amides is 2. The zero-order valence-electron chi connectivity index (χ0n) is 21.9. The molecule has 10 heteroatoms. The Morgan fingerprint density at radius 2 is 1.20 bits per heavy atom. The van der Waals surface area contributed by atoms with Gasteiger partial charge < -0.3 is 20.1 Å². The van der Waals surface area contributed by atoms with Crippen LogP contribution in [-0.4, -0.2) is 61.3 Å². The molecule has 0 spiro atoms. The van der Waals surface area contributed by atoms with Gasteiger partial charge in [0.25, 0.3) is 11.8 Å². The number of nitrogens with zero attached hydrogens (tertiary/aromatic N) is 2. The second kappa shape index (κ2) is 12.6. The van der Waals surface area contributed by atoms with Gasteiger partial charge in [0.15, 0.2) is 0 Å². The van der Waals surface area contributed by atoms with Crippen molar-refractivity contribution in [1.29, 1.82) is 0 Å². The summed E-state index contributed by atoms with van der Waals surface area (Å²) in [7, 11) is 3.13. The van der Waals surface area contributed by atoms with Gasteiger partial charge >= 0.3 is 0 Å². The minimum Gasteiger partial charge on any atom is -0.381 e. The second-order valence-electron chi connectivity index (χ2n) is 10.1. The number of carbonyl (C=O) groups excluding carboxylic acids is 2. The van der Waals surface area contributed by atoms with Crippen LogP contribution in [0, 0.1) is 11.8 Å². The van der Waals surface area contributed by atoms with Crippen molar-refractivity contribution >= 4 is 55.2 Å². The van der Waals surface area contributed by atoms with Crippen LogP contribution in [0.1, 0.15) is 33.6 Å². The Bertz CT molecular complexity index is 1420. The first-order valence-corrected chi connectivity index (χ1v) is 15.6. The molecule has 0 radical (unpaired) electrons. The molecule has 2 amide bonds. The molecule has 2 saturated heterocycles. The van der Waals surface area contributed by atoms with Crippen LogP contribution in [0.2, 0.25) is 0 Å². The molecule has 2 aliphatic rings. The molecule has 2 unspecified atom stereocenters. The van der Waals surface area contributed by atoms with Crippen molar-refractivity contribution in [1.82, 2.24) is 20.6 Å². The number of fused-ring (bicyclic) bond motifs is 2. The Morgan fingerprint density at radius 3 is 1.62 bits per heavy atom. The van der Waals surface area contributed by atoms with Gasteiger partial charge in [-0.05, 0) is 49.2 Å². The Labute approximate surface area is 240 Å². The highest BCUT2D eigenvalue weighted by Crippen LogP contribution is 2.43. The van der Waals surface area contributed by atoms with Crippen LogP contribution in [0.3, 0.4) is 0 Å². The van der Waals surface area contributed by atoms with Crippen molar-refractivity contribution in [3.63, 3.8) is 0 Å². The number of hydrogen-bond donors (Lipinski definition) is 2. The van der Waals surface area contributed by atoms with Gasteiger partial charge in [-0.1, -0.05) is 33.7 Å². The quantitative estimate of drug-likeness (QED) is 0.266. The number of rotatable bonds is 9. The van der Waals surface area contributed by atoms with E-state index in [1.807, 2.05) is 48.5 Å². The SMILES string of the molecule is O=C(NCC1CCOC1)c1ccc(SSc2ccc(C(=O)NCC3CCOC3)c3cccnc23)c2ncccc12. The van der Waals surface area contributed by atoms with E-state index >= 15 is 0 Å². The lowest BCUT2D eigenvalue weighted by molar-refractivity contribution is 0.0938. The first-order valence-electron chi connectivity index (χ1n) is 13.5. The molecule has 2 aromatic heterocycles. The van der Waals surface area contributed by atoms with Gasteiger partial charge in [0.1, 0.15) is 0 Å². The van der Waals surface area contributed by atoms with Gasteiger partial charge in [0, 0.05) is 82.2 Å². The molecule has 206 valence electrons. The van der Waals surface area contributed by atoms with E-state index in [0.29, 0.717) is 49.3 Å². The van der Waals surface area contributed by atoms with Gasteiger partial charge in [0.05, 0.1) is 24.2 Å². The topological polar surface area (TPSA) is 102 Å². The number of benzene rings is 2. The van der Waals surface area contributed by atoms with Crippen molar-refractivity contribution < 1.29 is 19.1 Å². The van der Waals surface area contributed by atoms with Crippen molar-refractivity contribution in [3.8, 4) is 0 Å². The molecule has 8 nitrogen and oxygen atoms in total. The number of pyridine rings is 2. The van der Waals surface area contributed by atoms with E-state index in [0.717, 1.165) is 57.7 Å². The van der Waals surface area contributed by atoms with Crippen LogP contribution in [-0.2, 0) is 9.47 Å². The molecule has 2 aromatic carbocycles. The third kappa shape index (κ3) is 5.95. The third-order valence-corrected chi connectivity index (χ3v) is 9.76. The van der Waals surface area contributed by atoms with Crippen molar-refractivity contribution in [2.45, 2.75) is 22.6 Å². The Morgan fingerprint density at radius 1 is 0.725 bits per heavy atom. The molecule has 2 N–H and O–H groups in total. The minimum absolute atomic E-state index is 0.0985. The van der Waals surface area contributed by atoms with Gasteiger partial charge in [-0.15, -0.1) is 0 Å². The Kier molecular flexibility index (Phi) is 8.48. The average molecular weight is 575 g/mol. The maximum atomic E-state index is 13.0. The van der Waals surface area contributed by atoms with Crippen molar-refractivity contribution in [3.05, 3.63) is 72.1 Å². The molecule has 0 aliphatic carbocycles. The molecule has 4 aromatic rings. The lowest BCUT2D eigenvalue weighted by Crippen LogP contribution is -2.29. The van der Waals surface area contributed by atoms with Crippen LogP contribution in [0.15, 0.2) is 70.7 Å². The van der Waals surface area contributed by atoms with Crippen LogP contribution in [0.5, 0.6) is 0 Å². The highest BCUT2D eigenvalue weighted by Gasteiger charge is 2.21. The molecule has 2 fully saturated rings. The first-order chi connectivity index (χ1) is 19.7. The largest absolute Gasteiger partial charge is 0.381 e. The molecule has 40 heavy (non-hydrogen) atoms. The molecular weight excluding hydrogens is 544 g/mol. The number of hydrogen-bond acceptors (Lipinski definition) is 8. The smallest absolute Gasteiger partial charge is 0.251 e. The van der Waals surface area contributed by atoms with Crippen LogP contribution in [0.4, 0.5) is 0 Å². The van der Waals surface area contributed by atoms with E-state index in [2.05, 4.69) is 20.6 Å². The predicted octanol–water partition coefficient (Wildman–Crippen LogP) is 5.12. The van der Waals surface area contributed by atoms with Gasteiger partial charge in [-0.25, -0.2) is 0 Å². The molecule has 0 saturated carbocycles. The maximum absolute atomic E-state index is 13.0. The zero-order chi connectivity index (χ0) is 27.3. The number of nitrogens with one attached hydrogen (secondary N) is 2. The third-order valence-electron chi connectivity index (χ3n) is 7.33. The Balaban J connectivity index is 1.19. The normalized spacial score (nSPS) is 18.8. The fourth-order valence-electron chi connectivity index (χ4n) is 5.07. The van der Waals surface area contributed by atoms with Gasteiger partial charge in [-0.3, -0.25) is 19.6 Å². The van der Waals surface area contributed by atoms with Crippen molar-refractivity contribution in [2.24, 2.45) is 11.8 Å². The minimum atomic E-state index is -0.0985. The number of aromatic nitrogens is 2. The molecule has 2 aliphatic heterocycles. The summed E-state index contributed by atoms with van der Waals surface area (Å²) in [6.07, 6.45) is 5.44. The summed E-state index contributed by atoms with van der Waals surface area (Å²) in [6, 6.07) is 15.2. The summed E-state index contributed by atoms with van der Waals surface area (Å²) in [6.45, 7) is 4.12. The predicted molar refractivity (Wildman–Crippen MR) is 158 cm³/mol. The summed E-state index contributed by atoms with van der Waals surface area (Å²) in [4.78, 5) is 37.2. The molecular formula is C30H30N4O4S2. The summed E-state index contributed by atoms with van der Waals surface area (Å²) in [5.41, 5.74) is 2.79. The fourth-order valence-corrected chi connectivity index (χ4v) is 7.32. The van der Waals surface area contributed by atoms with E-state index in [1.165, 1.54) is 0 Å². The maximum Gasteiger partial charge on any atom is 0.251 e. The highest BCUT2D eigenvalue weighted by molar-refractivity contribution is 8.76. The monoisotopic (exact) mass is 574 g/mol. The molecule has 6 rings (SSSR count). The lowest BCUT2D eigenvalue weighted by Gasteiger charge is -2.13. The lowest BCUT2D eigenvalue weighted by atomic mass is 10.1. The van der Waals surface area contributed by atoms with Crippen molar-refractivity contribution in [2.75, 3.05) is 39.5 Å². The summed E-state index contributed by atoms with van der Waals surface area (Å²) in [5, 5.41) is 7.76. The van der Waals surface area contributed by atoms with Crippen LogP contribution < -0.4 is 10.6 Å². The zero-order valence-corrected chi connectivity index (χ0v) is 23.6. The molecule has 4 heterocycles. The summed E-state index contributed by atoms with van der Waals surface area (Å²) in [5.74, 6) is 0.530. The standard InChI is InChI=1S/C30H30N4O4S2/c35-29(33-15-19-9-13-37-17-19)23-5-7-25(27-21(23)3-1-11-31-27)39-40-26-8-6-24(22-4-2-12-32-28(22)26)30(36)34-16-20-10-14-38-18-20/h1-8,11-12,19-20H,9-10,13-18H2,(H,33,35)(H,34,36). The summed E-state index contributed by atoms with van der Waals surface area (Å²) < 4.78 is 10.8. The van der Waals surface area contributed by atoms with E-state index < -0.39 is 0 Å². The fraction of sp³-hybridized carbons (Fsp3) is 0.333. The van der Waals surface area contributed by atoms with E-state index in [-0.39, 0.29) is 11.8 Å². The first kappa shape index (κ1) is 27.0. The van der Waals surface area contributed by atoms with Crippen LogP contribution >= 0.6 is 21.6 Å². The highest BCUT2D eigenvalue weighted by atomic mass is 33.1. The number of ether oxygens (including phenoxy) is 2. The molecule has 2 atom stereocenters. The van der Waals surface area contributed by atoms with Gasteiger partial charge in [-0.2, -0.15) is 0 Å². The molecule has 0 bridgehead atoms. The van der Waals surface area contributed by atoms with Gasteiger partial charge in [0.2, 0.25) is 0 Å². The number of carbonyl (C=O) groups is 2. The average Bonchev–Trinajstić information content (AvgIpc) is 3.72.